The molecule has 19 heavy (non-hydrogen) atoms. The van der Waals surface area contributed by atoms with Crippen molar-refractivity contribution in [1.82, 2.24) is 5.32 Å². The van der Waals surface area contributed by atoms with E-state index in [1.54, 1.807) is 44.2 Å². The molecule has 0 fully saturated rings. The zero-order valence-electron chi connectivity index (χ0n) is 10.9. The number of anilines is 1. The molecule has 2 N–H and O–H groups in total. The fourth-order valence-corrected chi connectivity index (χ4v) is 1.39. The van der Waals surface area contributed by atoms with Gasteiger partial charge in [-0.15, -0.1) is 6.42 Å². The first-order valence-corrected chi connectivity index (χ1v) is 5.70. The summed E-state index contributed by atoms with van der Waals surface area (Å²) in [5.74, 6) is 1.33. The number of hydrogen-bond donors (Lipinski definition) is 2. The third-order valence-electron chi connectivity index (χ3n) is 2.39. The highest BCUT2D eigenvalue weighted by Crippen LogP contribution is 2.14. The Balaban J connectivity index is 2.96. The smallest absolute Gasteiger partial charge is 0.323 e. The van der Waals surface area contributed by atoms with E-state index in [9.17, 15) is 9.59 Å². The summed E-state index contributed by atoms with van der Waals surface area (Å²) < 4.78 is 0. The number of nitrogens with zero attached hydrogens (tertiary/aromatic N) is 1. The molecule has 0 spiro atoms. The first-order chi connectivity index (χ1) is 8.85. The monoisotopic (exact) mass is 260 g/mol. The number of amides is 2. The molecule has 5 heteroatoms. The molecular formula is C14H16N2O3. The number of terminal acetylenes is 1. The lowest BCUT2D eigenvalue weighted by molar-refractivity contribution is -0.135. The van der Waals surface area contributed by atoms with Gasteiger partial charge in [-0.1, -0.05) is 24.1 Å². The van der Waals surface area contributed by atoms with Crippen molar-refractivity contribution in [1.29, 1.82) is 0 Å². The van der Waals surface area contributed by atoms with Gasteiger partial charge in [-0.2, -0.15) is 0 Å². The molecule has 2 amide bonds. The molecule has 0 aliphatic rings. The largest absolute Gasteiger partial charge is 0.480 e. The third-order valence-corrected chi connectivity index (χ3v) is 2.39. The Bertz CT molecular complexity index is 503. The molecule has 0 saturated carbocycles. The Labute approximate surface area is 112 Å². The summed E-state index contributed by atoms with van der Waals surface area (Å²) in [5, 5.41) is 11.5. The molecule has 1 rings (SSSR count). The van der Waals surface area contributed by atoms with Gasteiger partial charge in [-0.05, 0) is 26.0 Å². The van der Waals surface area contributed by atoms with Crippen LogP contribution >= 0.6 is 0 Å². The summed E-state index contributed by atoms with van der Waals surface area (Å²) in [6.45, 7) is 2.89. The van der Waals surface area contributed by atoms with Crippen molar-refractivity contribution >= 4 is 17.7 Å². The first kappa shape index (κ1) is 14.6. The molecule has 1 aromatic carbocycles. The van der Waals surface area contributed by atoms with Crippen LogP contribution in [0.5, 0.6) is 0 Å². The summed E-state index contributed by atoms with van der Waals surface area (Å²) in [6, 6.07) is 8.01. The topological polar surface area (TPSA) is 69.6 Å². The molecular weight excluding hydrogens is 244 g/mol. The zero-order valence-corrected chi connectivity index (χ0v) is 10.9. The molecule has 1 aromatic rings. The van der Waals surface area contributed by atoms with Gasteiger partial charge in [0.25, 0.3) is 0 Å². The Morgan fingerprint density at radius 2 is 1.95 bits per heavy atom. The molecule has 0 atom stereocenters. The van der Waals surface area contributed by atoms with Crippen LogP contribution in [0.4, 0.5) is 10.5 Å². The lowest BCUT2D eigenvalue weighted by atomic mass is 10.1. The Kier molecular flexibility index (Phi) is 4.54. The molecule has 0 heterocycles. The highest BCUT2D eigenvalue weighted by molar-refractivity contribution is 5.96. The first-order valence-electron chi connectivity index (χ1n) is 5.70. The summed E-state index contributed by atoms with van der Waals surface area (Å²) in [7, 11) is 0. The quantitative estimate of drug-likeness (QED) is 0.809. The van der Waals surface area contributed by atoms with E-state index in [0.717, 1.165) is 4.90 Å². The summed E-state index contributed by atoms with van der Waals surface area (Å²) >= 11 is 0. The van der Waals surface area contributed by atoms with Crippen molar-refractivity contribution in [3.05, 3.63) is 30.3 Å². The number of nitrogens with one attached hydrogen (secondary N) is 1. The minimum Gasteiger partial charge on any atom is -0.480 e. The number of aliphatic carboxylic acids is 1. The van der Waals surface area contributed by atoms with E-state index in [4.69, 9.17) is 11.5 Å². The molecule has 0 aliphatic carbocycles. The lowest BCUT2D eigenvalue weighted by Gasteiger charge is -2.26. The van der Waals surface area contributed by atoms with Gasteiger partial charge < -0.3 is 10.4 Å². The van der Waals surface area contributed by atoms with E-state index < -0.39 is 24.1 Å². The van der Waals surface area contributed by atoms with Crippen molar-refractivity contribution in [2.75, 3.05) is 11.4 Å². The van der Waals surface area contributed by atoms with Crippen molar-refractivity contribution in [2.24, 2.45) is 0 Å². The van der Waals surface area contributed by atoms with Crippen molar-refractivity contribution in [2.45, 2.75) is 19.4 Å². The van der Waals surface area contributed by atoms with Crippen LogP contribution in [0.25, 0.3) is 0 Å². The van der Waals surface area contributed by atoms with E-state index in [2.05, 4.69) is 11.2 Å². The molecule has 5 nitrogen and oxygen atoms in total. The van der Waals surface area contributed by atoms with Gasteiger partial charge in [0.05, 0.1) is 5.54 Å². The van der Waals surface area contributed by atoms with Gasteiger partial charge in [0.2, 0.25) is 0 Å². The van der Waals surface area contributed by atoms with Crippen LogP contribution in [0.15, 0.2) is 30.3 Å². The second kappa shape index (κ2) is 5.91. The number of hydrogen-bond acceptors (Lipinski definition) is 2. The van der Waals surface area contributed by atoms with Gasteiger partial charge in [0.1, 0.15) is 6.54 Å². The number of para-hydroxylation sites is 1. The van der Waals surface area contributed by atoms with Crippen molar-refractivity contribution < 1.29 is 14.7 Å². The van der Waals surface area contributed by atoms with Gasteiger partial charge in [0, 0.05) is 5.69 Å². The highest BCUT2D eigenvalue weighted by atomic mass is 16.4. The average Bonchev–Trinajstić information content (AvgIpc) is 2.36. The second-order valence-electron chi connectivity index (χ2n) is 4.51. The second-order valence-corrected chi connectivity index (χ2v) is 4.51. The van der Waals surface area contributed by atoms with Gasteiger partial charge >= 0.3 is 12.0 Å². The fourth-order valence-electron chi connectivity index (χ4n) is 1.39. The number of carboxylic acids is 1. The Hall–Kier alpha value is -2.48. The maximum atomic E-state index is 12.1. The summed E-state index contributed by atoms with van der Waals surface area (Å²) in [6.07, 6.45) is 5.30. The van der Waals surface area contributed by atoms with Gasteiger partial charge in [-0.25, -0.2) is 4.79 Å². The molecule has 0 saturated heterocycles. The summed E-state index contributed by atoms with van der Waals surface area (Å²) in [5.41, 5.74) is -0.349. The molecule has 0 bridgehead atoms. The number of urea groups is 1. The van der Waals surface area contributed by atoms with Crippen LogP contribution < -0.4 is 10.2 Å². The lowest BCUT2D eigenvalue weighted by Crippen LogP contribution is -2.50. The van der Waals surface area contributed by atoms with Crippen LogP contribution in [-0.2, 0) is 4.79 Å². The minimum atomic E-state index is -1.10. The van der Waals surface area contributed by atoms with Crippen LogP contribution in [0.2, 0.25) is 0 Å². The van der Waals surface area contributed by atoms with E-state index in [1.165, 1.54) is 0 Å². The predicted octanol–water partition coefficient (Wildman–Crippen LogP) is 1.70. The molecule has 100 valence electrons. The standard InChI is InChI=1S/C14H16N2O3/c1-4-14(2,3)15-13(19)16(10-12(17)18)11-8-6-5-7-9-11/h1,5-9H,10H2,2-3H3,(H,15,19)(H,17,18). The number of carbonyl (C=O) groups is 2. The van der Waals surface area contributed by atoms with Crippen LogP contribution in [0.3, 0.4) is 0 Å². The van der Waals surface area contributed by atoms with Crippen molar-refractivity contribution in [3.8, 4) is 12.3 Å². The number of carboxylic acid groups (broad SMARTS) is 1. The minimum absolute atomic E-state index is 0.434. The van der Waals surface area contributed by atoms with E-state index in [1.807, 2.05) is 0 Å². The zero-order chi connectivity index (χ0) is 14.5. The number of benzene rings is 1. The van der Waals surface area contributed by atoms with Crippen LogP contribution in [0.1, 0.15) is 13.8 Å². The van der Waals surface area contributed by atoms with Crippen LogP contribution in [0, 0.1) is 12.3 Å². The maximum Gasteiger partial charge on any atom is 0.323 e. The van der Waals surface area contributed by atoms with E-state index in [-0.39, 0.29) is 0 Å². The van der Waals surface area contributed by atoms with Crippen LogP contribution in [-0.4, -0.2) is 29.2 Å². The van der Waals surface area contributed by atoms with Gasteiger partial charge in [0.15, 0.2) is 0 Å². The molecule has 0 radical (unpaired) electrons. The summed E-state index contributed by atoms with van der Waals surface area (Å²) in [4.78, 5) is 24.1. The van der Waals surface area contributed by atoms with E-state index in [0.29, 0.717) is 5.69 Å². The predicted molar refractivity (Wildman–Crippen MR) is 72.9 cm³/mol. The molecule has 0 aromatic heterocycles. The molecule has 0 aliphatic heterocycles. The number of carbonyl (C=O) groups excluding carboxylic acids is 1. The normalized spacial score (nSPS) is 10.4. The SMILES string of the molecule is C#CC(C)(C)NC(=O)N(CC(=O)O)c1ccccc1. The fraction of sp³-hybridized carbons (Fsp3) is 0.286. The Morgan fingerprint density at radius 1 is 1.37 bits per heavy atom. The Morgan fingerprint density at radius 3 is 2.42 bits per heavy atom. The number of rotatable bonds is 4. The van der Waals surface area contributed by atoms with Gasteiger partial charge in [-0.3, -0.25) is 9.69 Å². The van der Waals surface area contributed by atoms with E-state index >= 15 is 0 Å². The van der Waals surface area contributed by atoms with Crippen molar-refractivity contribution in [3.63, 3.8) is 0 Å². The average molecular weight is 260 g/mol. The third kappa shape index (κ3) is 4.36. The highest BCUT2D eigenvalue weighted by Gasteiger charge is 2.24. The maximum absolute atomic E-state index is 12.1. The molecule has 0 unspecified atom stereocenters.